The van der Waals surface area contributed by atoms with Gasteiger partial charge in [-0.05, 0) is 18.2 Å². The number of piperazine rings is 1. The number of halogens is 1. The quantitative estimate of drug-likeness (QED) is 0.762. The van der Waals surface area contributed by atoms with Crippen LogP contribution in [0, 0.1) is 0 Å². The van der Waals surface area contributed by atoms with Crippen molar-refractivity contribution in [1.82, 2.24) is 5.32 Å². The number of benzene rings is 1. The summed E-state index contributed by atoms with van der Waals surface area (Å²) in [5.41, 5.74) is 1.26. The minimum absolute atomic E-state index is 1.01. The Bertz CT molecular complexity index is 304. The zero-order chi connectivity index (χ0) is 9.97. The maximum atomic E-state index is 4.37. The third-order valence-electron chi connectivity index (χ3n) is 2.35. The first kappa shape index (κ1) is 10.3. The fourth-order valence-corrected chi connectivity index (χ4v) is 2.59. The van der Waals surface area contributed by atoms with E-state index < -0.39 is 0 Å². The van der Waals surface area contributed by atoms with Crippen molar-refractivity contribution >= 4 is 34.2 Å². The second kappa shape index (κ2) is 4.55. The normalized spacial score (nSPS) is 17.1. The minimum Gasteiger partial charge on any atom is -0.369 e. The highest BCUT2D eigenvalue weighted by atomic mass is 79.9. The molecule has 1 aliphatic heterocycles. The van der Waals surface area contributed by atoms with Crippen LogP contribution >= 0.6 is 28.6 Å². The molecule has 1 aromatic rings. The Morgan fingerprint density at radius 2 is 1.93 bits per heavy atom. The number of thiol groups is 1. The molecule has 0 spiro atoms. The van der Waals surface area contributed by atoms with Gasteiger partial charge in [-0.15, -0.1) is 12.6 Å². The highest BCUT2D eigenvalue weighted by Crippen LogP contribution is 2.24. The monoisotopic (exact) mass is 272 g/mol. The van der Waals surface area contributed by atoms with Crippen molar-refractivity contribution in [2.45, 2.75) is 4.90 Å². The summed E-state index contributed by atoms with van der Waals surface area (Å²) < 4.78 is 1.10. The summed E-state index contributed by atoms with van der Waals surface area (Å²) >= 11 is 7.86. The molecule has 14 heavy (non-hydrogen) atoms. The molecule has 1 aliphatic rings. The molecule has 0 aromatic heterocycles. The van der Waals surface area contributed by atoms with Gasteiger partial charge in [-0.1, -0.05) is 15.9 Å². The highest BCUT2D eigenvalue weighted by molar-refractivity contribution is 9.10. The molecule has 1 fully saturated rings. The average Bonchev–Trinajstić information content (AvgIpc) is 2.18. The van der Waals surface area contributed by atoms with Crippen molar-refractivity contribution in [1.29, 1.82) is 0 Å². The summed E-state index contributed by atoms with van der Waals surface area (Å²) in [6.07, 6.45) is 0. The van der Waals surface area contributed by atoms with Crippen molar-refractivity contribution in [3.63, 3.8) is 0 Å². The molecule has 0 bridgehead atoms. The Hall–Kier alpha value is -0.190. The summed E-state index contributed by atoms with van der Waals surface area (Å²) in [6.45, 7) is 4.27. The van der Waals surface area contributed by atoms with E-state index in [2.05, 4.69) is 50.9 Å². The molecule has 2 rings (SSSR count). The van der Waals surface area contributed by atoms with E-state index in [1.54, 1.807) is 0 Å². The van der Waals surface area contributed by atoms with E-state index >= 15 is 0 Å². The van der Waals surface area contributed by atoms with Gasteiger partial charge in [0.25, 0.3) is 0 Å². The molecule has 1 saturated heterocycles. The van der Waals surface area contributed by atoms with E-state index in [9.17, 15) is 0 Å². The number of nitrogens with zero attached hydrogens (tertiary/aromatic N) is 1. The fraction of sp³-hybridized carbons (Fsp3) is 0.400. The van der Waals surface area contributed by atoms with Crippen molar-refractivity contribution in [3.8, 4) is 0 Å². The lowest BCUT2D eigenvalue weighted by Crippen LogP contribution is -2.43. The van der Waals surface area contributed by atoms with Crippen LogP contribution in [-0.2, 0) is 0 Å². The summed E-state index contributed by atoms with van der Waals surface area (Å²) in [5.74, 6) is 0. The van der Waals surface area contributed by atoms with Crippen LogP contribution in [-0.4, -0.2) is 26.2 Å². The standard InChI is InChI=1S/C10H13BrN2S/c11-8-5-9(7-10(14)6-8)13-3-1-12-2-4-13/h5-7,12,14H,1-4H2. The molecule has 4 heteroatoms. The van der Waals surface area contributed by atoms with Gasteiger partial charge in [0.05, 0.1) is 0 Å². The Kier molecular flexibility index (Phi) is 3.36. The molecular weight excluding hydrogens is 260 g/mol. The average molecular weight is 273 g/mol. The largest absolute Gasteiger partial charge is 0.369 e. The van der Waals surface area contributed by atoms with Crippen molar-refractivity contribution in [2.75, 3.05) is 31.1 Å². The smallest absolute Gasteiger partial charge is 0.0389 e. The zero-order valence-electron chi connectivity index (χ0n) is 7.83. The Balaban J connectivity index is 2.21. The van der Waals surface area contributed by atoms with E-state index in [1.807, 2.05) is 6.07 Å². The Morgan fingerprint density at radius 3 is 2.57 bits per heavy atom. The number of hydrogen-bond acceptors (Lipinski definition) is 3. The summed E-state index contributed by atoms with van der Waals surface area (Å²) in [5, 5.41) is 3.34. The van der Waals surface area contributed by atoms with Crippen molar-refractivity contribution < 1.29 is 0 Å². The molecule has 0 amide bonds. The topological polar surface area (TPSA) is 15.3 Å². The number of nitrogens with one attached hydrogen (secondary N) is 1. The predicted octanol–water partition coefficient (Wildman–Crippen LogP) is 2.15. The van der Waals surface area contributed by atoms with Crippen molar-refractivity contribution in [3.05, 3.63) is 22.7 Å². The van der Waals surface area contributed by atoms with Crippen LogP contribution < -0.4 is 10.2 Å². The lowest BCUT2D eigenvalue weighted by molar-refractivity contribution is 0.589. The third-order valence-corrected chi connectivity index (χ3v) is 3.07. The summed E-state index contributed by atoms with van der Waals surface area (Å²) in [6, 6.07) is 6.26. The number of rotatable bonds is 1. The van der Waals surface area contributed by atoms with Crippen LogP contribution in [0.3, 0.4) is 0 Å². The zero-order valence-corrected chi connectivity index (χ0v) is 10.3. The Morgan fingerprint density at radius 1 is 1.21 bits per heavy atom. The van der Waals surface area contributed by atoms with Gasteiger partial charge in [0, 0.05) is 41.2 Å². The lowest BCUT2D eigenvalue weighted by atomic mass is 10.2. The maximum absolute atomic E-state index is 4.37. The lowest BCUT2D eigenvalue weighted by Gasteiger charge is -2.29. The molecule has 76 valence electrons. The molecule has 1 heterocycles. The first-order valence-corrected chi connectivity index (χ1v) is 5.95. The van der Waals surface area contributed by atoms with Gasteiger partial charge in [-0.2, -0.15) is 0 Å². The molecule has 0 unspecified atom stereocenters. The van der Waals surface area contributed by atoms with E-state index in [4.69, 9.17) is 0 Å². The van der Waals surface area contributed by atoms with Crippen LogP contribution in [0.5, 0.6) is 0 Å². The molecule has 2 nitrogen and oxygen atoms in total. The highest BCUT2D eigenvalue weighted by Gasteiger charge is 2.10. The SMILES string of the molecule is Sc1cc(Br)cc(N2CCNCC2)c1. The van der Waals surface area contributed by atoms with Gasteiger partial charge in [0.1, 0.15) is 0 Å². The summed E-state index contributed by atoms with van der Waals surface area (Å²) in [4.78, 5) is 3.38. The molecule has 0 aliphatic carbocycles. The number of hydrogen-bond donors (Lipinski definition) is 2. The van der Waals surface area contributed by atoms with Gasteiger partial charge in [-0.25, -0.2) is 0 Å². The Labute approximate surface area is 98.2 Å². The first-order chi connectivity index (χ1) is 6.75. The van der Waals surface area contributed by atoms with Crippen molar-refractivity contribution in [2.24, 2.45) is 0 Å². The second-order valence-electron chi connectivity index (χ2n) is 3.40. The van der Waals surface area contributed by atoms with E-state index in [0.717, 1.165) is 35.5 Å². The van der Waals surface area contributed by atoms with Gasteiger partial charge in [0.2, 0.25) is 0 Å². The number of anilines is 1. The maximum Gasteiger partial charge on any atom is 0.0389 e. The third kappa shape index (κ3) is 2.43. The minimum atomic E-state index is 1.01. The molecular formula is C10H13BrN2S. The van der Waals surface area contributed by atoms with Crippen LogP contribution in [0.25, 0.3) is 0 Å². The van der Waals surface area contributed by atoms with Gasteiger partial charge >= 0.3 is 0 Å². The fourth-order valence-electron chi connectivity index (χ4n) is 1.66. The van der Waals surface area contributed by atoms with E-state index in [-0.39, 0.29) is 0 Å². The van der Waals surface area contributed by atoms with Crippen LogP contribution in [0.4, 0.5) is 5.69 Å². The van der Waals surface area contributed by atoms with Gasteiger partial charge in [0.15, 0.2) is 0 Å². The summed E-state index contributed by atoms with van der Waals surface area (Å²) in [7, 11) is 0. The molecule has 1 N–H and O–H groups in total. The van der Waals surface area contributed by atoms with Crippen LogP contribution in [0.2, 0.25) is 0 Å². The predicted molar refractivity (Wildman–Crippen MR) is 66.5 cm³/mol. The van der Waals surface area contributed by atoms with Crippen LogP contribution in [0.1, 0.15) is 0 Å². The second-order valence-corrected chi connectivity index (χ2v) is 4.84. The van der Waals surface area contributed by atoms with Gasteiger partial charge in [-0.3, -0.25) is 0 Å². The van der Waals surface area contributed by atoms with Gasteiger partial charge < -0.3 is 10.2 Å². The first-order valence-electron chi connectivity index (χ1n) is 4.71. The molecule has 0 radical (unpaired) electrons. The molecule has 1 aromatic carbocycles. The van der Waals surface area contributed by atoms with E-state index in [0.29, 0.717) is 0 Å². The molecule has 0 atom stereocenters. The van der Waals surface area contributed by atoms with Crippen LogP contribution in [0.15, 0.2) is 27.6 Å². The van der Waals surface area contributed by atoms with E-state index in [1.165, 1.54) is 5.69 Å². The molecule has 0 saturated carbocycles.